The molecule has 0 fully saturated rings. The molecule has 0 bridgehead atoms. The molecule has 1 aliphatic rings. The van der Waals surface area contributed by atoms with E-state index in [0.29, 0.717) is 0 Å². The summed E-state index contributed by atoms with van der Waals surface area (Å²) in [6.07, 6.45) is -0.126. The van der Waals surface area contributed by atoms with Crippen LogP contribution in [0, 0.1) is 0 Å². The van der Waals surface area contributed by atoms with Gasteiger partial charge in [-0.2, -0.15) is 0 Å². The van der Waals surface area contributed by atoms with Gasteiger partial charge in [-0.05, 0) is 22.3 Å². The highest BCUT2D eigenvalue weighted by Gasteiger charge is 2.28. The van der Waals surface area contributed by atoms with Gasteiger partial charge in [0.05, 0.1) is 11.9 Å². The normalized spacial score (nSPS) is 13.7. The summed E-state index contributed by atoms with van der Waals surface area (Å²) in [6.45, 7) is 0. The molecular formula is C13H9ClO. The first-order valence-corrected chi connectivity index (χ1v) is 5.18. The zero-order chi connectivity index (χ0) is 10.3. The van der Waals surface area contributed by atoms with Gasteiger partial charge in [-0.1, -0.05) is 48.5 Å². The molecule has 0 heterocycles. The van der Waals surface area contributed by atoms with Crippen molar-refractivity contribution in [2.75, 3.05) is 0 Å². The summed E-state index contributed by atoms with van der Waals surface area (Å²) in [6, 6.07) is 16.4. The Bertz CT molecular complexity index is 462. The minimum absolute atomic E-state index is 0.126. The first-order chi connectivity index (χ1) is 7.42. The second kappa shape index (κ2) is 3.37. The first kappa shape index (κ1) is 8.96. The summed E-state index contributed by atoms with van der Waals surface area (Å²) >= 11 is 5.56. The highest BCUT2D eigenvalue weighted by Crippen LogP contribution is 2.45. The Kier molecular flexibility index (Phi) is 2.01. The van der Waals surface area contributed by atoms with E-state index in [-0.39, 0.29) is 6.10 Å². The maximum absolute atomic E-state index is 5.56. The summed E-state index contributed by atoms with van der Waals surface area (Å²) in [5, 5.41) is 0. The predicted molar refractivity (Wildman–Crippen MR) is 60.7 cm³/mol. The predicted octanol–water partition coefficient (Wildman–Crippen LogP) is 3.93. The monoisotopic (exact) mass is 216 g/mol. The van der Waals surface area contributed by atoms with Gasteiger partial charge in [0.1, 0.15) is 6.10 Å². The zero-order valence-corrected chi connectivity index (χ0v) is 8.74. The van der Waals surface area contributed by atoms with E-state index in [1.54, 1.807) is 0 Å². The molecule has 0 aliphatic heterocycles. The van der Waals surface area contributed by atoms with Crippen LogP contribution in [0.1, 0.15) is 17.2 Å². The third-order valence-corrected chi connectivity index (χ3v) is 3.04. The topological polar surface area (TPSA) is 9.23 Å². The molecule has 0 amide bonds. The van der Waals surface area contributed by atoms with Crippen LogP contribution < -0.4 is 0 Å². The average molecular weight is 217 g/mol. The standard InChI is InChI=1S/C13H9ClO/c14-15-13-11-7-3-1-5-9(11)10-6-2-4-8-12(10)13/h1-8,13H. The Hall–Kier alpha value is -1.31. The lowest BCUT2D eigenvalue weighted by Crippen LogP contribution is -1.94. The Morgan fingerprint density at radius 1 is 0.800 bits per heavy atom. The van der Waals surface area contributed by atoms with Crippen molar-refractivity contribution >= 4 is 11.9 Å². The molecule has 1 aliphatic carbocycles. The molecule has 2 aromatic carbocycles. The molecule has 74 valence electrons. The molecule has 0 atom stereocenters. The molecule has 0 spiro atoms. The second-order valence-electron chi connectivity index (χ2n) is 3.64. The van der Waals surface area contributed by atoms with E-state index < -0.39 is 0 Å². The molecule has 0 unspecified atom stereocenters. The van der Waals surface area contributed by atoms with Crippen molar-refractivity contribution in [3.8, 4) is 11.1 Å². The highest BCUT2D eigenvalue weighted by molar-refractivity contribution is 6.07. The molecule has 15 heavy (non-hydrogen) atoms. The lowest BCUT2D eigenvalue weighted by molar-refractivity contribution is 0.280. The third-order valence-electron chi connectivity index (χ3n) is 2.87. The van der Waals surface area contributed by atoms with Crippen LogP contribution >= 0.6 is 11.9 Å². The van der Waals surface area contributed by atoms with Gasteiger partial charge >= 0.3 is 0 Å². The zero-order valence-electron chi connectivity index (χ0n) is 7.98. The van der Waals surface area contributed by atoms with Crippen LogP contribution in [0.15, 0.2) is 48.5 Å². The largest absolute Gasteiger partial charge is 0.266 e. The van der Waals surface area contributed by atoms with Crippen LogP contribution in [0.25, 0.3) is 11.1 Å². The number of halogens is 1. The fourth-order valence-electron chi connectivity index (χ4n) is 2.21. The maximum atomic E-state index is 5.56. The number of hydrogen-bond donors (Lipinski definition) is 0. The van der Waals surface area contributed by atoms with E-state index in [9.17, 15) is 0 Å². The molecule has 0 aromatic heterocycles. The molecule has 0 radical (unpaired) electrons. The van der Waals surface area contributed by atoms with Gasteiger partial charge in [0, 0.05) is 0 Å². The number of benzene rings is 2. The van der Waals surface area contributed by atoms with E-state index in [1.807, 2.05) is 24.3 Å². The van der Waals surface area contributed by atoms with Crippen LogP contribution in [0.2, 0.25) is 0 Å². The van der Waals surface area contributed by atoms with Gasteiger partial charge in [0.25, 0.3) is 0 Å². The summed E-state index contributed by atoms with van der Waals surface area (Å²) in [4.78, 5) is 0. The smallest absolute Gasteiger partial charge is 0.130 e. The van der Waals surface area contributed by atoms with Crippen molar-refractivity contribution in [1.82, 2.24) is 0 Å². The third kappa shape index (κ3) is 1.21. The minimum Gasteiger partial charge on any atom is -0.266 e. The minimum atomic E-state index is -0.126. The van der Waals surface area contributed by atoms with Crippen LogP contribution in [0.4, 0.5) is 0 Å². The first-order valence-electron chi connectivity index (χ1n) is 4.87. The van der Waals surface area contributed by atoms with E-state index in [1.165, 1.54) is 11.1 Å². The number of fused-ring (bicyclic) bond motifs is 3. The van der Waals surface area contributed by atoms with Gasteiger partial charge in [-0.25, -0.2) is 0 Å². The summed E-state index contributed by atoms with van der Waals surface area (Å²) in [5.41, 5.74) is 4.74. The molecular weight excluding hydrogens is 208 g/mol. The van der Waals surface area contributed by atoms with Gasteiger partial charge in [0.15, 0.2) is 0 Å². The van der Waals surface area contributed by atoms with Crippen molar-refractivity contribution < 1.29 is 4.29 Å². The van der Waals surface area contributed by atoms with Crippen molar-refractivity contribution in [2.24, 2.45) is 0 Å². The Morgan fingerprint density at radius 2 is 1.27 bits per heavy atom. The molecule has 3 rings (SSSR count). The summed E-state index contributed by atoms with van der Waals surface area (Å²) < 4.78 is 5.04. The van der Waals surface area contributed by atoms with Gasteiger partial charge in [-0.15, -0.1) is 0 Å². The average Bonchev–Trinajstić information content (AvgIpc) is 2.63. The summed E-state index contributed by atoms with van der Waals surface area (Å²) in [7, 11) is 0. The fourth-order valence-corrected chi connectivity index (χ4v) is 2.40. The Labute approximate surface area is 93.4 Å². The van der Waals surface area contributed by atoms with Crippen molar-refractivity contribution in [3.63, 3.8) is 0 Å². The molecule has 2 heteroatoms. The van der Waals surface area contributed by atoms with E-state index >= 15 is 0 Å². The molecule has 1 nitrogen and oxygen atoms in total. The van der Waals surface area contributed by atoms with Crippen LogP contribution in [-0.2, 0) is 4.29 Å². The van der Waals surface area contributed by atoms with E-state index in [4.69, 9.17) is 16.2 Å². The lowest BCUT2D eigenvalue weighted by Gasteiger charge is -2.07. The quantitative estimate of drug-likeness (QED) is 0.702. The second-order valence-corrected chi connectivity index (χ2v) is 3.82. The van der Waals surface area contributed by atoms with Gasteiger partial charge in [-0.3, -0.25) is 4.29 Å². The molecule has 2 aromatic rings. The van der Waals surface area contributed by atoms with Crippen molar-refractivity contribution in [1.29, 1.82) is 0 Å². The Morgan fingerprint density at radius 3 is 1.73 bits per heavy atom. The van der Waals surface area contributed by atoms with Gasteiger partial charge in [0.2, 0.25) is 0 Å². The maximum Gasteiger partial charge on any atom is 0.130 e. The van der Waals surface area contributed by atoms with E-state index in [2.05, 4.69) is 24.3 Å². The summed E-state index contributed by atoms with van der Waals surface area (Å²) in [5.74, 6) is 0. The fraction of sp³-hybridized carbons (Fsp3) is 0.0769. The van der Waals surface area contributed by atoms with Crippen molar-refractivity contribution in [2.45, 2.75) is 6.10 Å². The SMILES string of the molecule is ClOC1c2ccccc2-c2ccccc21. The Balaban J connectivity index is 2.31. The van der Waals surface area contributed by atoms with Crippen molar-refractivity contribution in [3.05, 3.63) is 59.7 Å². The highest BCUT2D eigenvalue weighted by atomic mass is 35.5. The number of rotatable bonds is 1. The number of hydrogen-bond acceptors (Lipinski definition) is 1. The molecule has 0 N–H and O–H groups in total. The van der Waals surface area contributed by atoms with Crippen LogP contribution in [0.5, 0.6) is 0 Å². The van der Waals surface area contributed by atoms with Crippen LogP contribution in [-0.4, -0.2) is 0 Å². The molecule has 0 saturated carbocycles. The van der Waals surface area contributed by atoms with E-state index in [0.717, 1.165) is 11.1 Å². The molecule has 0 saturated heterocycles. The lowest BCUT2D eigenvalue weighted by atomic mass is 10.1. The van der Waals surface area contributed by atoms with Gasteiger partial charge < -0.3 is 0 Å². The van der Waals surface area contributed by atoms with Crippen LogP contribution in [0.3, 0.4) is 0 Å².